The van der Waals surface area contributed by atoms with E-state index in [2.05, 4.69) is 15.3 Å². The molecule has 0 saturated heterocycles. The van der Waals surface area contributed by atoms with E-state index in [-0.39, 0.29) is 6.42 Å². The second-order valence-electron chi connectivity index (χ2n) is 4.46. The monoisotopic (exact) mass is 287 g/mol. The number of carbonyl (C=O) groups is 1. The molecular formula is C15H17N3O3. The van der Waals surface area contributed by atoms with E-state index >= 15 is 0 Å². The van der Waals surface area contributed by atoms with Gasteiger partial charge in [-0.3, -0.25) is 9.78 Å². The molecule has 1 aromatic carbocycles. The summed E-state index contributed by atoms with van der Waals surface area (Å²) in [5, 5.41) is 11.7. The van der Waals surface area contributed by atoms with Gasteiger partial charge in [-0.1, -0.05) is 12.1 Å². The fourth-order valence-electron chi connectivity index (χ4n) is 1.73. The summed E-state index contributed by atoms with van der Waals surface area (Å²) in [7, 11) is 0. The van der Waals surface area contributed by atoms with E-state index in [4.69, 9.17) is 9.84 Å². The zero-order valence-electron chi connectivity index (χ0n) is 11.5. The largest absolute Gasteiger partial charge is 0.481 e. The van der Waals surface area contributed by atoms with Gasteiger partial charge in [-0.15, -0.1) is 0 Å². The molecule has 0 amide bonds. The lowest BCUT2D eigenvalue weighted by atomic mass is 10.2. The standard InChI is InChI=1S/C15H17N3O3/c19-15(20)2-1-7-16-10-12-3-5-13(6-4-12)21-14-11-17-8-9-18-14/h3-6,8-9,11,16H,1-2,7,10H2,(H,19,20). The Morgan fingerprint density at radius 2 is 2.05 bits per heavy atom. The summed E-state index contributed by atoms with van der Waals surface area (Å²) in [6.45, 7) is 1.38. The van der Waals surface area contributed by atoms with E-state index < -0.39 is 5.97 Å². The van der Waals surface area contributed by atoms with Gasteiger partial charge in [0, 0.05) is 25.4 Å². The van der Waals surface area contributed by atoms with E-state index in [1.54, 1.807) is 18.6 Å². The third kappa shape index (κ3) is 5.58. The van der Waals surface area contributed by atoms with Gasteiger partial charge in [0.05, 0.1) is 6.20 Å². The van der Waals surface area contributed by atoms with Crippen LogP contribution in [0.15, 0.2) is 42.9 Å². The Balaban J connectivity index is 1.75. The van der Waals surface area contributed by atoms with Gasteiger partial charge in [-0.05, 0) is 30.7 Å². The number of aromatic nitrogens is 2. The van der Waals surface area contributed by atoms with Crippen LogP contribution in [0, 0.1) is 0 Å². The molecule has 0 atom stereocenters. The van der Waals surface area contributed by atoms with Crippen molar-refractivity contribution >= 4 is 5.97 Å². The zero-order valence-corrected chi connectivity index (χ0v) is 11.5. The first-order valence-electron chi connectivity index (χ1n) is 6.69. The minimum atomic E-state index is -0.762. The second kappa shape index (κ2) is 7.96. The second-order valence-corrected chi connectivity index (χ2v) is 4.46. The lowest BCUT2D eigenvalue weighted by Crippen LogP contribution is -2.15. The highest BCUT2D eigenvalue weighted by molar-refractivity contribution is 5.66. The molecular weight excluding hydrogens is 270 g/mol. The van der Waals surface area contributed by atoms with E-state index in [9.17, 15) is 4.79 Å². The summed E-state index contributed by atoms with van der Waals surface area (Å²) < 4.78 is 5.54. The lowest BCUT2D eigenvalue weighted by Gasteiger charge is -2.06. The average molecular weight is 287 g/mol. The number of hydrogen-bond acceptors (Lipinski definition) is 5. The van der Waals surface area contributed by atoms with Gasteiger partial charge < -0.3 is 15.2 Å². The maximum absolute atomic E-state index is 10.4. The molecule has 6 heteroatoms. The van der Waals surface area contributed by atoms with Crippen LogP contribution in [0.3, 0.4) is 0 Å². The molecule has 0 saturated carbocycles. The summed E-state index contributed by atoms with van der Waals surface area (Å²) in [5.41, 5.74) is 1.11. The van der Waals surface area contributed by atoms with Crippen molar-refractivity contribution in [2.24, 2.45) is 0 Å². The van der Waals surface area contributed by atoms with Gasteiger partial charge in [-0.2, -0.15) is 0 Å². The number of nitrogens with one attached hydrogen (secondary N) is 1. The van der Waals surface area contributed by atoms with Gasteiger partial charge in [0.2, 0.25) is 5.88 Å². The van der Waals surface area contributed by atoms with E-state index in [1.165, 1.54) is 0 Å². The maximum Gasteiger partial charge on any atom is 0.303 e. The molecule has 0 fully saturated rings. The highest BCUT2D eigenvalue weighted by atomic mass is 16.5. The first kappa shape index (κ1) is 14.9. The van der Waals surface area contributed by atoms with Gasteiger partial charge in [-0.25, -0.2) is 4.98 Å². The Morgan fingerprint density at radius 3 is 2.71 bits per heavy atom. The van der Waals surface area contributed by atoms with Crippen LogP contribution in [0.25, 0.3) is 0 Å². The molecule has 0 radical (unpaired) electrons. The first-order valence-corrected chi connectivity index (χ1v) is 6.69. The number of carboxylic acid groups (broad SMARTS) is 1. The number of ether oxygens (including phenoxy) is 1. The van der Waals surface area contributed by atoms with Crippen LogP contribution in [-0.4, -0.2) is 27.6 Å². The predicted molar refractivity (Wildman–Crippen MR) is 77.1 cm³/mol. The van der Waals surface area contributed by atoms with Crippen molar-refractivity contribution in [3.8, 4) is 11.6 Å². The summed E-state index contributed by atoms with van der Waals surface area (Å²) in [5.74, 6) is 0.393. The van der Waals surface area contributed by atoms with Crippen molar-refractivity contribution in [2.75, 3.05) is 6.54 Å². The van der Waals surface area contributed by atoms with Gasteiger partial charge >= 0.3 is 5.97 Å². The Kier molecular flexibility index (Phi) is 5.66. The van der Waals surface area contributed by atoms with Crippen LogP contribution in [0.5, 0.6) is 11.6 Å². The number of benzene rings is 1. The summed E-state index contributed by atoms with van der Waals surface area (Å²) in [4.78, 5) is 18.3. The Bertz CT molecular complexity index is 558. The molecule has 0 aliphatic rings. The van der Waals surface area contributed by atoms with Crippen molar-refractivity contribution in [2.45, 2.75) is 19.4 Å². The summed E-state index contributed by atoms with van der Waals surface area (Å²) in [6, 6.07) is 7.64. The highest BCUT2D eigenvalue weighted by Gasteiger charge is 1.99. The molecule has 2 N–H and O–H groups in total. The average Bonchev–Trinajstić information content (AvgIpc) is 2.49. The quantitative estimate of drug-likeness (QED) is 0.724. The van der Waals surface area contributed by atoms with Crippen molar-refractivity contribution in [1.29, 1.82) is 0 Å². The molecule has 0 bridgehead atoms. The van der Waals surface area contributed by atoms with Crippen molar-refractivity contribution < 1.29 is 14.6 Å². The molecule has 6 nitrogen and oxygen atoms in total. The normalized spacial score (nSPS) is 10.3. The van der Waals surface area contributed by atoms with Crippen LogP contribution in [0.2, 0.25) is 0 Å². The maximum atomic E-state index is 10.4. The minimum absolute atomic E-state index is 0.192. The first-order chi connectivity index (χ1) is 10.2. The molecule has 110 valence electrons. The van der Waals surface area contributed by atoms with Crippen molar-refractivity contribution in [3.63, 3.8) is 0 Å². The van der Waals surface area contributed by atoms with E-state index in [1.807, 2.05) is 24.3 Å². The van der Waals surface area contributed by atoms with E-state index in [0.717, 1.165) is 5.56 Å². The Hall–Kier alpha value is -2.47. The van der Waals surface area contributed by atoms with Crippen molar-refractivity contribution in [1.82, 2.24) is 15.3 Å². The molecule has 1 heterocycles. The topological polar surface area (TPSA) is 84.3 Å². The Morgan fingerprint density at radius 1 is 1.24 bits per heavy atom. The van der Waals surface area contributed by atoms with Crippen LogP contribution < -0.4 is 10.1 Å². The highest BCUT2D eigenvalue weighted by Crippen LogP contribution is 2.18. The Labute approximate surface area is 122 Å². The summed E-state index contributed by atoms with van der Waals surface area (Å²) in [6.07, 6.45) is 5.54. The predicted octanol–water partition coefficient (Wildman–Crippen LogP) is 2.22. The zero-order chi connectivity index (χ0) is 14.9. The number of rotatable bonds is 8. The molecule has 2 aromatic rings. The lowest BCUT2D eigenvalue weighted by molar-refractivity contribution is -0.137. The number of carboxylic acids is 1. The SMILES string of the molecule is O=C(O)CCCNCc1ccc(Oc2cnccn2)cc1. The molecule has 0 aliphatic heterocycles. The number of aliphatic carboxylic acids is 1. The molecule has 1 aromatic heterocycles. The molecule has 21 heavy (non-hydrogen) atoms. The molecule has 0 unspecified atom stereocenters. The number of nitrogens with zero attached hydrogens (tertiary/aromatic N) is 2. The third-order valence-corrected chi connectivity index (χ3v) is 2.76. The molecule has 2 rings (SSSR count). The van der Waals surface area contributed by atoms with E-state index in [0.29, 0.717) is 31.1 Å². The third-order valence-electron chi connectivity index (χ3n) is 2.76. The van der Waals surface area contributed by atoms with Crippen LogP contribution in [-0.2, 0) is 11.3 Å². The van der Waals surface area contributed by atoms with Crippen LogP contribution >= 0.6 is 0 Å². The fourth-order valence-corrected chi connectivity index (χ4v) is 1.73. The molecule has 0 spiro atoms. The van der Waals surface area contributed by atoms with Gasteiger partial charge in [0.1, 0.15) is 5.75 Å². The summed E-state index contributed by atoms with van der Waals surface area (Å²) >= 11 is 0. The van der Waals surface area contributed by atoms with Gasteiger partial charge in [0.15, 0.2) is 0 Å². The van der Waals surface area contributed by atoms with Crippen LogP contribution in [0.1, 0.15) is 18.4 Å². The minimum Gasteiger partial charge on any atom is -0.481 e. The fraction of sp³-hybridized carbons (Fsp3) is 0.267. The molecule has 0 aliphatic carbocycles. The number of hydrogen-bond donors (Lipinski definition) is 2. The van der Waals surface area contributed by atoms with Crippen molar-refractivity contribution in [3.05, 3.63) is 48.4 Å². The van der Waals surface area contributed by atoms with Crippen LogP contribution in [0.4, 0.5) is 0 Å². The van der Waals surface area contributed by atoms with Gasteiger partial charge in [0.25, 0.3) is 0 Å². The smallest absolute Gasteiger partial charge is 0.303 e.